The largest absolute Gasteiger partial charge is 0.494 e. The second kappa shape index (κ2) is 10.4. The van der Waals surface area contributed by atoms with E-state index in [0.717, 1.165) is 42.7 Å². The summed E-state index contributed by atoms with van der Waals surface area (Å²) in [6, 6.07) is 27.7. The summed E-state index contributed by atoms with van der Waals surface area (Å²) in [6.07, 6.45) is 2.71. The predicted octanol–water partition coefficient (Wildman–Crippen LogP) is 5.29. The fourth-order valence-electron chi connectivity index (χ4n) is 5.41. The third kappa shape index (κ3) is 4.78. The number of hydrogen-bond donors (Lipinski definition) is 1. The zero-order valence-electron chi connectivity index (χ0n) is 19.0. The normalized spacial score (nSPS) is 18.8. The van der Waals surface area contributed by atoms with Crippen LogP contribution in [0.25, 0.3) is 0 Å². The van der Waals surface area contributed by atoms with E-state index in [4.69, 9.17) is 22.1 Å². The van der Waals surface area contributed by atoms with Gasteiger partial charge in [0.25, 0.3) is 0 Å². The van der Waals surface area contributed by atoms with Crippen LogP contribution in [0.2, 0.25) is 5.02 Å². The molecule has 2 N–H and O–H groups in total. The van der Waals surface area contributed by atoms with Gasteiger partial charge in [-0.25, -0.2) is 0 Å². The van der Waals surface area contributed by atoms with Crippen LogP contribution in [0.3, 0.4) is 0 Å². The van der Waals surface area contributed by atoms with Crippen LogP contribution in [0, 0.1) is 5.92 Å². The summed E-state index contributed by atoms with van der Waals surface area (Å²) in [5, 5.41) is 0.697. The Labute approximate surface area is 201 Å². The maximum Gasteiger partial charge on any atom is 0.232 e. The van der Waals surface area contributed by atoms with Gasteiger partial charge in [0.1, 0.15) is 11.2 Å². The first-order valence-corrected chi connectivity index (χ1v) is 11.9. The van der Waals surface area contributed by atoms with Crippen molar-refractivity contribution in [3.8, 4) is 5.75 Å². The number of ether oxygens (including phenoxy) is 1. The van der Waals surface area contributed by atoms with E-state index in [2.05, 4.69) is 11.9 Å². The van der Waals surface area contributed by atoms with Gasteiger partial charge in [-0.2, -0.15) is 0 Å². The number of carbonyl (C=O) groups excluding carboxylic acids is 1. The van der Waals surface area contributed by atoms with E-state index < -0.39 is 5.41 Å². The van der Waals surface area contributed by atoms with Crippen LogP contribution in [-0.4, -0.2) is 37.0 Å². The molecule has 0 saturated carbocycles. The molecule has 33 heavy (non-hydrogen) atoms. The summed E-state index contributed by atoms with van der Waals surface area (Å²) in [6.45, 7) is 1.54. The summed E-state index contributed by atoms with van der Waals surface area (Å²) in [5.41, 5.74) is 7.32. The molecule has 0 unspecified atom stereocenters. The summed E-state index contributed by atoms with van der Waals surface area (Å²) in [5.74, 6) is 0.596. The molecule has 3 aromatic rings. The summed E-state index contributed by atoms with van der Waals surface area (Å²) in [7, 11) is 2.15. The quantitative estimate of drug-likeness (QED) is 0.439. The minimum absolute atomic E-state index is 0.0698. The van der Waals surface area contributed by atoms with Crippen LogP contribution in [0.15, 0.2) is 84.9 Å². The van der Waals surface area contributed by atoms with Gasteiger partial charge in [-0.05, 0) is 74.2 Å². The standard InChI is InChI=1S/C28H31ClN2O2/c1-31-19-18-25(26(31)13-8-20-33-24-16-14-23(29)15-17-24)28(27(30)32,21-9-4-2-5-10-21)22-11-6-3-7-12-22/h2-7,9-12,14-17,25-26H,8,13,18-20H2,1H3,(H2,30,32)/t25-,26+/m1/s1. The molecule has 1 amide bonds. The SMILES string of the molecule is CN1CC[C@@H](C(C(N)=O)(c2ccccc2)c2ccccc2)[C@@H]1CCCOc1ccc(Cl)cc1. The molecule has 1 aliphatic heterocycles. The van der Waals surface area contributed by atoms with E-state index >= 15 is 0 Å². The van der Waals surface area contributed by atoms with Gasteiger partial charge < -0.3 is 15.4 Å². The van der Waals surface area contributed by atoms with Crippen LogP contribution in [0.5, 0.6) is 5.75 Å². The second-order valence-corrected chi connectivity index (χ2v) is 9.23. The number of nitrogens with zero attached hydrogens (tertiary/aromatic N) is 1. The first kappa shape index (κ1) is 23.3. The molecular formula is C28H31ClN2O2. The lowest BCUT2D eigenvalue weighted by molar-refractivity contribution is -0.124. The topological polar surface area (TPSA) is 55.6 Å². The molecular weight excluding hydrogens is 432 g/mol. The number of halogens is 1. The molecule has 1 saturated heterocycles. The van der Waals surface area contributed by atoms with E-state index in [-0.39, 0.29) is 17.9 Å². The van der Waals surface area contributed by atoms with Crippen molar-refractivity contribution in [2.45, 2.75) is 30.7 Å². The number of hydrogen-bond acceptors (Lipinski definition) is 3. The van der Waals surface area contributed by atoms with Crippen LogP contribution in [0.4, 0.5) is 0 Å². The lowest BCUT2D eigenvalue weighted by atomic mass is 9.62. The first-order valence-electron chi connectivity index (χ1n) is 11.5. The van der Waals surface area contributed by atoms with Gasteiger partial charge in [0, 0.05) is 11.1 Å². The lowest BCUT2D eigenvalue weighted by Gasteiger charge is -2.41. The van der Waals surface area contributed by atoms with Gasteiger partial charge in [0.2, 0.25) is 5.91 Å². The Hall–Kier alpha value is -2.82. The van der Waals surface area contributed by atoms with Crippen LogP contribution in [0.1, 0.15) is 30.4 Å². The van der Waals surface area contributed by atoms with Gasteiger partial charge >= 0.3 is 0 Å². The molecule has 1 aliphatic rings. The van der Waals surface area contributed by atoms with E-state index in [1.54, 1.807) is 0 Å². The molecule has 1 heterocycles. The monoisotopic (exact) mass is 462 g/mol. The van der Waals surface area contributed by atoms with E-state index in [9.17, 15) is 4.79 Å². The Morgan fingerprint density at radius 3 is 2.12 bits per heavy atom. The third-order valence-electron chi connectivity index (χ3n) is 6.95. The minimum Gasteiger partial charge on any atom is -0.494 e. The highest BCUT2D eigenvalue weighted by Gasteiger charge is 2.52. The number of amides is 1. The maximum atomic E-state index is 13.4. The van der Waals surface area contributed by atoms with Gasteiger partial charge in [-0.15, -0.1) is 0 Å². The Kier molecular flexibility index (Phi) is 7.36. The van der Waals surface area contributed by atoms with Crippen molar-refractivity contribution in [2.24, 2.45) is 11.7 Å². The second-order valence-electron chi connectivity index (χ2n) is 8.79. The van der Waals surface area contributed by atoms with Crippen molar-refractivity contribution in [1.29, 1.82) is 0 Å². The molecule has 0 bridgehead atoms. The van der Waals surface area contributed by atoms with E-state index in [0.29, 0.717) is 11.6 Å². The van der Waals surface area contributed by atoms with Gasteiger partial charge in [-0.1, -0.05) is 72.3 Å². The van der Waals surface area contributed by atoms with Crippen LogP contribution in [-0.2, 0) is 10.2 Å². The highest BCUT2D eigenvalue weighted by molar-refractivity contribution is 6.30. The Balaban J connectivity index is 1.60. The molecule has 3 aromatic carbocycles. The number of primary amides is 1. The number of nitrogens with two attached hydrogens (primary N) is 1. The molecule has 1 fully saturated rings. The zero-order valence-corrected chi connectivity index (χ0v) is 19.7. The Morgan fingerprint density at radius 1 is 1.00 bits per heavy atom. The number of rotatable bonds is 9. The van der Waals surface area contributed by atoms with Crippen molar-refractivity contribution in [3.63, 3.8) is 0 Å². The summed E-state index contributed by atoms with van der Waals surface area (Å²) >= 11 is 5.96. The molecule has 0 aliphatic carbocycles. The van der Waals surface area contributed by atoms with E-state index in [1.165, 1.54) is 0 Å². The molecule has 0 aromatic heterocycles. The van der Waals surface area contributed by atoms with Gasteiger partial charge in [-0.3, -0.25) is 4.79 Å². The van der Waals surface area contributed by atoms with Gasteiger partial charge in [0.15, 0.2) is 0 Å². The number of benzene rings is 3. The highest BCUT2D eigenvalue weighted by Crippen LogP contribution is 2.47. The molecule has 2 atom stereocenters. The molecule has 0 spiro atoms. The third-order valence-corrected chi connectivity index (χ3v) is 7.21. The lowest BCUT2D eigenvalue weighted by Crippen LogP contribution is -2.52. The van der Waals surface area contributed by atoms with Crippen molar-refractivity contribution < 1.29 is 9.53 Å². The maximum absolute atomic E-state index is 13.4. The first-order chi connectivity index (χ1) is 16.0. The number of carbonyl (C=O) groups is 1. The fraction of sp³-hybridized carbons (Fsp3) is 0.321. The van der Waals surface area contributed by atoms with Crippen molar-refractivity contribution in [1.82, 2.24) is 4.90 Å². The summed E-state index contributed by atoms with van der Waals surface area (Å²) in [4.78, 5) is 15.7. The molecule has 4 rings (SSSR count). The highest BCUT2D eigenvalue weighted by atomic mass is 35.5. The predicted molar refractivity (Wildman–Crippen MR) is 134 cm³/mol. The van der Waals surface area contributed by atoms with Crippen molar-refractivity contribution >= 4 is 17.5 Å². The minimum atomic E-state index is -0.880. The molecule has 5 heteroatoms. The van der Waals surface area contributed by atoms with E-state index in [1.807, 2.05) is 84.9 Å². The summed E-state index contributed by atoms with van der Waals surface area (Å²) < 4.78 is 5.92. The van der Waals surface area contributed by atoms with Crippen molar-refractivity contribution in [2.75, 3.05) is 20.2 Å². The average Bonchev–Trinajstić information content (AvgIpc) is 3.20. The molecule has 0 radical (unpaired) electrons. The zero-order chi connectivity index (χ0) is 23.3. The fourth-order valence-corrected chi connectivity index (χ4v) is 5.54. The van der Waals surface area contributed by atoms with Crippen molar-refractivity contribution in [3.05, 3.63) is 101 Å². The number of likely N-dealkylation sites (tertiary alicyclic amines) is 1. The Bertz CT molecular complexity index is 1000. The molecule has 4 nitrogen and oxygen atoms in total. The van der Waals surface area contributed by atoms with Gasteiger partial charge in [0.05, 0.1) is 6.61 Å². The Morgan fingerprint density at radius 2 is 1.58 bits per heavy atom. The smallest absolute Gasteiger partial charge is 0.232 e. The van der Waals surface area contributed by atoms with Crippen LogP contribution >= 0.6 is 11.6 Å². The van der Waals surface area contributed by atoms with Crippen LogP contribution < -0.4 is 10.5 Å². The average molecular weight is 463 g/mol. The molecule has 172 valence electrons.